The van der Waals surface area contributed by atoms with E-state index < -0.39 is 17.6 Å². The van der Waals surface area contributed by atoms with Gasteiger partial charge >= 0.3 is 6.18 Å². The fraction of sp³-hybridized carbons (Fsp3) is 0.150. The highest BCUT2D eigenvalue weighted by Crippen LogP contribution is 2.33. The average molecular weight is 434 g/mol. The van der Waals surface area contributed by atoms with E-state index in [1.807, 2.05) is 6.07 Å². The molecule has 1 fully saturated rings. The van der Waals surface area contributed by atoms with Crippen LogP contribution in [0.4, 0.5) is 22.4 Å². The second kappa shape index (κ2) is 7.60. The first-order valence-corrected chi connectivity index (χ1v) is 9.55. The molecule has 10 heteroatoms. The molecule has 2 heterocycles. The van der Waals surface area contributed by atoms with Gasteiger partial charge < -0.3 is 5.32 Å². The van der Waals surface area contributed by atoms with Crippen LogP contribution < -0.4 is 5.32 Å². The number of hydrogen-bond acceptors (Lipinski definition) is 4. The summed E-state index contributed by atoms with van der Waals surface area (Å²) in [6, 6.07) is 7.96. The number of fused-ring (bicyclic) bond motifs is 1. The summed E-state index contributed by atoms with van der Waals surface area (Å²) < 4.78 is 54.4. The number of amides is 1. The summed E-state index contributed by atoms with van der Waals surface area (Å²) in [6.07, 6.45) is -1.24. The molecule has 154 valence electrons. The Kier molecular flexibility index (Phi) is 5.10. The number of carbonyl (C=O) groups excluding carboxylic acids is 1. The van der Waals surface area contributed by atoms with Crippen molar-refractivity contribution in [1.82, 2.24) is 15.1 Å². The van der Waals surface area contributed by atoms with Gasteiger partial charge in [0.05, 0.1) is 22.5 Å². The third kappa shape index (κ3) is 4.09. The van der Waals surface area contributed by atoms with Gasteiger partial charge in [-0.05, 0) is 53.2 Å². The molecule has 1 aliphatic rings. The number of thioether (sulfide) groups is 1. The molecular formula is C20H14F4N4OS. The van der Waals surface area contributed by atoms with E-state index in [4.69, 9.17) is 0 Å². The van der Waals surface area contributed by atoms with Crippen molar-refractivity contribution in [1.29, 1.82) is 0 Å². The maximum absolute atomic E-state index is 13.3. The first-order valence-electron chi connectivity index (χ1n) is 8.73. The third-order valence-corrected chi connectivity index (χ3v) is 5.28. The Labute approximate surface area is 172 Å². The summed E-state index contributed by atoms with van der Waals surface area (Å²) in [5, 5.41) is 7.45. The Morgan fingerprint density at radius 2 is 2.03 bits per heavy atom. The number of carbonyl (C=O) groups is 1. The zero-order chi connectivity index (χ0) is 21.5. The number of aromatic nitrogens is 2. The van der Waals surface area contributed by atoms with Crippen molar-refractivity contribution in [3.8, 4) is 0 Å². The summed E-state index contributed by atoms with van der Waals surface area (Å²) in [4.78, 5) is 16.2. The van der Waals surface area contributed by atoms with Crippen LogP contribution in [0.5, 0.6) is 0 Å². The van der Waals surface area contributed by atoms with Gasteiger partial charge in [0.2, 0.25) is 0 Å². The Morgan fingerprint density at radius 1 is 1.23 bits per heavy atom. The van der Waals surface area contributed by atoms with E-state index in [1.54, 1.807) is 31.5 Å². The molecule has 30 heavy (non-hydrogen) atoms. The fourth-order valence-corrected chi connectivity index (χ4v) is 3.92. The van der Waals surface area contributed by atoms with Gasteiger partial charge in [-0.25, -0.2) is 4.39 Å². The van der Waals surface area contributed by atoms with Crippen LogP contribution in [0, 0.1) is 5.82 Å². The molecule has 1 aromatic heterocycles. The molecular weight excluding hydrogens is 420 g/mol. The van der Waals surface area contributed by atoms with Gasteiger partial charge in [0.25, 0.3) is 5.24 Å². The number of amidine groups is 1. The molecule has 0 aliphatic carbocycles. The van der Waals surface area contributed by atoms with Gasteiger partial charge in [0.1, 0.15) is 11.7 Å². The predicted molar refractivity (Wildman–Crippen MR) is 108 cm³/mol. The number of nitrogens with zero attached hydrogens (tertiary/aromatic N) is 3. The van der Waals surface area contributed by atoms with Gasteiger partial charge in [-0.2, -0.15) is 18.3 Å². The van der Waals surface area contributed by atoms with Gasteiger partial charge in [-0.3, -0.25) is 14.5 Å². The van der Waals surface area contributed by atoms with Crippen LogP contribution in [0.15, 0.2) is 52.5 Å². The molecule has 0 bridgehead atoms. The van der Waals surface area contributed by atoms with E-state index in [0.717, 1.165) is 34.8 Å². The minimum absolute atomic E-state index is 0.0743. The normalized spacial score (nSPS) is 17.3. The molecule has 0 radical (unpaired) electrons. The maximum atomic E-state index is 13.3. The van der Waals surface area contributed by atoms with E-state index in [0.29, 0.717) is 22.3 Å². The lowest BCUT2D eigenvalue weighted by molar-refractivity contribution is -0.138. The molecule has 0 atom stereocenters. The van der Waals surface area contributed by atoms with Crippen LogP contribution in [-0.2, 0) is 12.7 Å². The molecule has 0 spiro atoms. The van der Waals surface area contributed by atoms with E-state index >= 15 is 0 Å². The molecule has 1 N–H and O–H groups in total. The lowest BCUT2D eigenvalue weighted by Gasteiger charge is -2.12. The Bertz CT molecular complexity index is 1210. The highest BCUT2D eigenvalue weighted by Gasteiger charge is 2.33. The molecule has 2 aromatic carbocycles. The molecule has 5 nitrogen and oxygen atoms in total. The summed E-state index contributed by atoms with van der Waals surface area (Å²) in [7, 11) is 1.58. The molecule has 1 aliphatic heterocycles. The lowest BCUT2D eigenvalue weighted by atomic mass is 10.1. The van der Waals surface area contributed by atoms with Crippen LogP contribution >= 0.6 is 11.8 Å². The van der Waals surface area contributed by atoms with Gasteiger partial charge in [-0.1, -0.05) is 12.1 Å². The summed E-state index contributed by atoms with van der Waals surface area (Å²) >= 11 is 1.03. The monoisotopic (exact) mass is 434 g/mol. The zero-order valence-electron chi connectivity index (χ0n) is 15.5. The van der Waals surface area contributed by atoms with Gasteiger partial charge in [-0.15, -0.1) is 0 Å². The van der Waals surface area contributed by atoms with E-state index in [9.17, 15) is 22.4 Å². The Morgan fingerprint density at radius 3 is 2.77 bits per heavy atom. The number of nitrogens with one attached hydrogen (secondary N) is 1. The molecule has 1 amide bonds. The second-order valence-electron chi connectivity index (χ2n) is 6.54. The number of benzene rings is 2. The maximum Gasteiger partial charge on any atom is 0.416 e. The van der Waals surface area contributed by atoms with Crippen LogP contribution in [0.25, 0.3) is 17.0 Å². The minimum atomic E-state index is -4.66. The first kappa shape index (κ1) is 20.1. The van der Waals surface area contributed by atoms with Crippen molar-refractivity contribution >= 4 is 39.8 Å². The van der Waals surface area contributed by atoms with Crippen LogP contribution in [0.1, 0.15) is 16.7 Å². The van der Waals surface area contributed by atoms with Crippen LogP contribution in [-0.4, -0.2) is 27.9 Å². The minimum Gasteiger partial charge on any atom is -0.300 e. The highest BCUT2D eigenvalue weighted by atomic mass is 32.2. The van der Waals surface area contributed by atoms with E-state index in [-0.39, 0.29) is 17.3 Å². The largest absolute Gasteiger partial charge is 0.416 e. The Balaban J connectivity index is 1.65. The molecule has 3 aromatic rings. The number of aliphatic imine (C=N–C) groups is 1. The van der Waals surface area contributed by atoms with E-state index in [1.165, 1.54) is 4.68 Å². The highest BCUT2D eigenvalue weighted by molar-refractivity contribution is 8.18. The third-order valence-electron chi connectivity index (χ3n) is 4.46. The molecule has 0 saturated carbocycles. The predicted octanol–water partition coefficient (Wildman–Crippen LogP) is 5.07. The van der Waals surface area contributed by atoms with Crippen molar-refractivity contribution in [2.45, 2.75) is 12.7 Å². The van der Waals surface area contributed by atoms with Crippen molar-refractivity contribution in [2.24, 2.45) is 4.99 Å². The van der Waals surface area contributed by atoms with Crippen molar-refractivity contribution in [3.63, 3.8) is 0 Å². The van der Waals surface area contributed by atoms with Crippen LogP contribution in [0.3, 0.4) is 0 Å². The lowest BCUT2D eigenvalue weighted by Crippen LogP contribution is -2.18. The fourth-order valence-electron chi connectivity index (χ4n) is 3.14. The molecule has 4 rings (SSSR count). The SMILES string of the molecule is CN=C1NC(=O)S/C1=C\c1ccc2nn(Cc3ccc(F)cc3C(F)(F)F)cc2c1. The smallest absolute Gasteiger partial charge is 0.300 e. The van der Waals surface area contributed by atoms with E-state index in [2.05, 4.69) is 15.4 Å². The van der Waals surface area contributed by atoms with Crippen molar-refractivity contribution in [3.05, 3.63) is 70.0 Å². The summed E-state index contributed by atoms with van der Waals surface area (Å²) in [5.41, 5.74) is 0.300. The summed E-state index contributed by atoms with van der Waals surface area (Å²) in [6.45, 7) is -0.152. The topological polar surface area (TPSA) is 59.3 Å². The quantitative estimate of drug-likeness (QED) is 0.586. The average Bonchev–Trinajstić information content (AvgIpc) is 3.24. The summed E-state index contributed by atoms with van der Waals surface area (Å²) in [5.74, 6) is -0.459. The zero-order valence-corrected chi connectivity index (χ0v) is 16.3. The Hall–Kier alpha value is -3.14. The number of alkyl halides is 3. The molecule has 0 unspecified atom stereocenters. The molecule has 1 saturated heterocycles. The van der Waals surface area contributed by atoms with Crippen molar-refractivity contribution in [2.75, 3.05) is 7.05 Å². The second-order valence-corrected chi connectivity index (χ2v) is 7.55. The van der Waals surface area contributed by atoms with Crippen LogP contribution in [0.2, 0.25) is 0 Å². The van der Waals surface area contributed by atoms with Gasteiger partial charge in [0, 0.05) is 18.6 Å². The van der Waals surface area contributed by atoms with Crippen molar-refractivity contribution < 1.29 is 22.4 Å². The standard InChI is InChI=1S/C20H14F4N4OS/c1-25-18-17(30-19(29)26-18)7-11-2-5-16-13(6-11)10-28(27-16)9-12-3-4-14(21)8-15(12)20(22,23)24/h2-8,10H,9H2,1H3,(H,25,26,29)/b17-7-. The van der Waals surface area contributed by atoms with Gasteiger partial charge in [0.15, 0.2) is 0 Å². The number of rotatable bonds is 3. The number of hydrogen-bond donors (Lipinski definition) is 1. The number of halogens is 4. The first-order chi connectivity index (χ1) is 14.2.